The molecule has 1 saturated heterocycles. The van der Waals surface area contributed by atoms with Gasteiger partial charge < -0.3 is 15.6 Å². The molecule has 0 bridgehead atoms. The summed E-state index contributed by atoms with van der Waals surface area (Å²) < 4.78 is 0. The summed E-state index contributed by atoms with van der Waals surface area (Å²) in [5, 5.41) is 2.69. The number of amides is 2. The van der Waals surface area contributed by atoms with Crippen molar-refractivity contribution in [2.75, 3.05) is 25.1 Å². The second-order valence-electron chi connectivity index (χ2n) is 4.25. The lowest BCUT2D eigenvalue weighted by Crippen LogP contribution is -2.49. The van der Waals surface area contributed by atoms with E-state index in [0.29, 0.717) is 18.7 Å². The molecule has 0 unspecified atom stereocenters. The van der Waals surface area contributed by atoms with Crippen LogP contribution in [0.4, 0.5) is 5.69 Å². The number of anilines is 1. The molecule has 0 aromatic heterocycles. The van der Waals surface area contributed by atoms with Crippen LogP contribution in [0.3, 0.4) is 0 Å². The van der Waals surface area contributed by atoms with Crippen LogP contribution in [0.2, 0.25) is 0 Å². The molecule has 0 radical (unpaired) electrons. The van der Waals surface area contributed by atoms with Crippen LogP contribution < -0.4 is 16.6 Å². The monoisotopic (exact) mass is 248 g/mol. The van der Waals surface area contributed by atoms with Crippen LogP contribution in [0.25, 0.3) is 0 Å². The molecule has 6 heteroatoms. The van der Waals surface area contributed by atoms with E-state index in [1.807, 2.05) is 6.92 Å². The number of hydrogen-bond acceptors (Lipinski definition) is 4. The van der Waals surface area contributed by atoms with Gasteiger partial charge in [0.2, 0.25) is 5.91 Å². The van der Waals surface area contributed by atoms with Gasteiger partial charge in [-0.15, -0.1) is 0 Å². The molecule has 4 N–H and O–H groups in total. The van der Waals surface area contributed by atoms with Gasteiger partial charge in [0, 0.05) is 18.7 Å². The van der Waals surface area contributed by atoms with E-state index in [9.17, 15) is 9.59 Å². The first-order valence-electron chi connectivity index (χ1n) is 5.75. The summed E-state index contributed by atoms with van der Waals surface area (Å²) in [6.45, 7) is 3.04. The number of hydrazine groups is 1. The number of carbonyl (C=O) groups is 2. The van der Waals surface area contributed by atoms with Gasteiger partial charge >= 0.3 is 0 Å². The zero-order chi connectivity index (χ0) is 13.1. The number of nitrogens with zero attached hydrogens (tertiary/aromatic N) is 1. The van der Waals surface area contributed by atoms with Crippen LogP contribution in [-0.4, -0.2) is 36.3 Å². The van der Waals surface area contributed by atoms with E-state index in [0.717, 1.165) is 11.3 Å². The summed E-state index contributed by atoms with van der Waals surface area (Å²) in [4.78, 5) is 25.0. The van der Waals surface area contributed by atoms with Crippen LogP contribution in [0, 0.1) is 6.92 Å². The van der Waals surface area contributed by atoms with Crippen molar-refractivity contribution in [1.82, 2.24) is 10.2 Å². The number of rotatable bonds is 2. The molecule has 96 valence electrons. The van der Waals surface area contributed by atoms with Crippen LogP contribution in [-0.2, 0) is 4.79 Å². The Kier molecular flexibility index (Phi) is 3.47. The van der Waals surface area contributed by atoms with Crippen molar-refractivity contribution in [2.45, 2.75) is 6.92 Å². The van der Waals surface area contributed by atoms with Crippen LogP contribution in [0.5, 0.6) is 0 Å². The van der Waals surface area contributed by atoms with Crippen molar-refractivity contribution in [3.8, 4) is 0 Å². The molecular formula is C12H16N4O2. The standard InChI is InChI=1S/C12H16N4O2/c1-8-6-9(2-3-10(8)15-13)12(18)16-5-4-14-11(17)7-16/h2-3,6,15H,4-5,7,13H2,1H3,(H,14,17). The molecule has 6 nitrogen and oxygen atoms in total. The number of nitrogens with one attached hydrogen (secondary N) is 2. The van der Waals surface area contributed by atoms with Crippen molar-refractivity contribution in [1.29, 1.82) is 0 Å². The zero-order valence-electron chi connectivity index (χ0n) is 10.2. The van der Waals surface area contributed by atoms with Crippen molar-refractivity contribution >= 4 is 17.5 Å². The lowest BCUT2D eigenvalue weighted by atomic mass is 10.1. The van der Waals surface area contributed by atoms with E-state index in [4.69, 9.17) is 5.84 Å². The first kappa shape index (κ1) is 12.4. The number of hydrogen-bond donors (Lipinski definition) is 3. The summed E-state index contributed by atoms with van der Waals surface area (Å²) in [6, 6.07) is 5.23. The van der Waals surface area contributed by atoms with E-state index in [-0.39, 0.29) is 18.4 Å². The molecule has 0 atom stereocenters. The third-order valence-electron chi connectivity index (χ3n) is 2.95. The van der Waals surface area contributed by atoms with E-state index in [1.54, 1.807) is 23.1 Å². The molecular weight excluding hydrogens is 232 g/mol. The minimum atomic E-state index is -0.128. The molecule has 1 aliphatic heterocycles. The number of carbonyl (C=O) groups excluding carboxylic acids is 2. The maximum atomic E-state index is 12.2. The minimum Gasteiger partial charge on any atom is -0.353 e. The van der Waals surface area contributed by atoms with E-state index in [2.05, 4.69) is 10.7 Å². The Bertz CT molecular complexity index is 487. The number of nitrogen functional groups attached to an aromatic ring is 1. The Morgan fingerprint density at radius 1 is 1.50 bits per heavy atom. The first-order chi connectivity index (χ1) is 8.61. The van der Waals surface area contributed by atoms with E-state index < -0.39 is 0 Å². The highest BCUT2D eigenvalue weighted by Gasteiger charge is 2.22. The van der Waals surface area contributed by atoms with Gasteiger partial charge in [0.15, 0.2) is 0 Å². The average Bonchev–Trinajstić information content (AvgIpc) is 2.37. The second-order valence-corrected chi connectivity index (χ2v) is 4.25. The second kappa shape index (κ2) is 5.05. The van der Waals surface area contributed by atoms with Crippen molar-refractivity contribution in [3.63, 3.8) is 0 Å². The molecule has 1 fully saturated rings. The van der Waals surface area contributed by atoms with Gasteiger partial charge in [0.25, 0.3) is 5.91 Å². The van der Waals surface area contributed by atoms with Gasteiger partial charge in [-0.2, -0.15) is 0 Å². The van der Waals surface area contributed by atoms with Gasteiger partial charge in [-0.1, -0.05) is 0 Å². The van der Waals surface area contributed by atoms with Crippen LogP contribution in [0.1, 0.15) is 15.9 Å². The SMILES string of the molecule is Cc1cc(C(=O)N2CCNC(=O)C2)ccc1NN. The molecule has 2 rings (SSSR count). The topological polar surface area (TPSA) is 87.5 Å². The smallest absolute Gasteiger partial charge is 0.254 e. The summed E-state index contributed by atoms with van der Waals surface area (Å²) in [5.74, 6) is 5.09. The van der Waals surface area contributed by atoms with E-state index >= 15 is 0 Å². The Balaban J connectivity index is 2.18. The fourth-order valence-corrected chi connectivity index (χ4v) is 1.95. The lowest BCUT2D eigenvalue weighted by molar-refractivity contribution is -0.123. The Hall–Kier alpha value is -2.08. The zero-order valence-corrected chi connectivity index (χ0v) is 10.2. The van der Waals surface area contributed by atoms with Crippen molar-refractivity contribution in [2.24, 2.45) is 5.84 Å². The summed E-state index contributed by atoms with van der Waals surface area (Å²) >= 11 is 0. The third-order valence-corrected chi connectivity index (χ3v) is 2.95. The normalized spacial score (nSPS) is 15.2. The number of nitrogens with two attached hydrogens (primary N) is 1. The maximum absolute atomic E-state index is 12.2. The highest BCUT2D eigenvalue weighted by Crippen LogP contribution is 2.16. The Morgan fingerprint density at radius 3 is 2.89 bits per heavy atom. The molecule has 2 amide bonds. The summed E-state index contributed by atoms with van der Waals surface area (Å²) in [6.07, 6.45) is 0. The maximum Gasteiger partial charge on any atom is 0.254 e. The number of aryl methyl sites for hydroxylation is 1. The molecule has 1 aromatic carbocycles. The van der Waals surface area contributed by atoms with Crippen LogP contribution in [0.15, 0.2) is 18.2 Å². The van der Waals surface area contributed by atoms with E-state index in [1.165, 1.54) is 0 Å². The molecule has 18 heavy (non-hydrogen) atoms. The number of piperazine rings is 1. The quantitative estimate of drug-likeness (QED) is 0.502. The molecule has 0 spiro atoms. The Morgan fingerprint density at radius 2 is 2.28 bits per heavy atom. The van der Waals surface area contributed by atoms with Gasteiger partial charge in [0.1, 0.15) is 0 Å². The molecule has 0 aliphatic carbocycles. The minimum absolute atomic E-state index is 0.119. The summed E-state index contributed by atoms with van der Waals surface area (Å²) in [7, 11) is 0. The summed E-state index contributed by atoms with van der Waals surface area (Å²) in [5.41, 5.74) is 4.80. The third kappa shape index (κ3) is 2.43. The predicted molar refractivity (Wildman–Crippen MR) is 67.9 cm³/mol. The fraction of sp³-hybridized carbons (Fsp3) is 0.333. The lowest BCUT2D eigenvalue weighted by Gasteiger charge is -2.26. The largest absolute Gasteiger partial charge is 0.353 e. The fourth-order valence-electron chi connectivity index (χ4n) is 1.95. The van der Waals surface area contributed by atoms with Gasteiger partial charge in [-0.05, 0) is 30.7 Å². The highest BCUT2D eigenvalue weighted by molar-refractivity contribution is 5.97. The molecule has 1 aromatic rings. The Labute approximate surface area is 105 Å². The molecule has 1 heterocycles. The van der Waals surface area contributed by atoms with Crippen molar-refractivity contribution in [3.05, 3.63) is 29.3 Å². The average molecular weight is 248 g/mol. The molecule has 1 aliphatic rings. The van der Waals surface area contributed by atoms with Gasteiger partial charge in [-0.3, -0.25) is 15.4 Å². The predicted octanol–water partition coefficient (Wildman–Crippen LogP) is -0.147. The van der Waals surface area contributed by atoms with Gasteiger partial charge in [0.05, 0.1) is 12.2 Å². The first-order valence-corrected chi connectivity index (χ1v) is 5.75. The van der Waals surface area contributed by atoms with Crippen molar-refractivity contribution < 1.29 is 9.59 Å². The number of benzene rings is 1. The highest BCUT2D eigenvalue weighted by atomic mass is 16.2. The molecule has 0 saturated carbocycles. The van der Waals surface area contributed by atoms with Gasteiger partial charge in [-0.25, -0.2) is 0 Å². The van der Waals surface area contributed by atoms with Crippen LogP contribution >= 0.6 is 0 Å².